The molecule has 3 aromatic rings. The second-order valence-corrected chi connectivity index (χ2v) is 8.85. The molecule has 0 saturated carbocycles. The number of hydrazone groups is 1. The van der Waals surface area contributed by atoms with Crippen LogP contribution in [0.5, 0.6) is 11.5 Å². The van der Waals surface area contributed by atoms with Crippen molar-refractivity contribution in [3.05, 3.63) is 85.8 Å². The topological polar surface area (TPSA) is 89.0 Å². The van der Waals surface area contributed by atoms with Crippen molar-refractivity contribution in [2.75, 3.05) is 12.4 Å². The van der Waals surface area contributed by atoms with Gasteiger partial charge in [-0.15, -0.1) is 0 Å². The number of hydrogen-bond donors (Lipinski definition) is 2. The first kappa shape index (κ1) is 25.6. The number of carbonyl (C=O) groups is 2. The zero-order chi connectivity index (χ0) is 24.7. The van der Waals surface area contributed by atoms with Crippen molar-refractivity contribution >= 4 is 62.8 Å². The van der Waals surface area contributed by atoms with Gasteiger partial charge in [0.05, 0.1) is 17.8 Å². The van der Waals surface area contributed by atoms with E-state index in [4.69, 9.17) is 32.7 Å². The highest BCUT2D eigenvalue weighted by Crippen LogP contribution is 2.36. The quantitative estimate of drug-likeness (QED) is 0.217. The van der Waals surface area contributed by atoms with Crippen LogP contribution in [0.15, 0.2) is 64.2 Å². The van der Waals surface area contributed by atoms with Gasteiger partial charge in [0, 0.05) is 15.7 Å². The molecule has 3 rings (SSSR count). The van der Waals surface area contributed by atoms with Crippen molar-refractivity contribution in [1.29, 1.82) is 0 Å². The fraction of sp³-hybridized carbons (Fsp3) is 0.125. The maximum Gasteiger partial charge on any atom is 0.329 e. The fourth-order valence-corrected chi connectivity index (χ4v) is 3.92. The van der Waals surface area contributed by atoms with Crippen LogP contribution >= 0.6 is 39.1 Å². The lowest BCUT2D eigenvalue weighted by Crippen LogP contribution is -2.32. The number of methoxy groups -OCH3 is 1. The van der Waals surface area contributed by atoms with Crippen molar-refractivity contribution in [2.24, 2.45) is 5.10 Å². The summed E-state index contributed by atoms with van der Waals surface area (Å²) in [4.78, 5) is 24.1. The fourth-order valence-electron chi connectivity index (χ4n) is 2.82. The smallest absolute Gasteiger partial charge is 0.329 e. The average Bonchev–Trinajstić information content (AvgIpc) is 2.78. The summed E-state index contributed by atoms with van der Waals surface area (Å²) in [5.74, 6) is -0.876. The first-order chi connectivity index (χ1) is 16.2. The third-order valence-electron chi connectivity index (χ3n) is 4.46. The Kier molecular flexibility index (Phi) is 8.92. The zero-order valence-electron chi connectivity index (χ0n) is 18.2. The van der Waals surface area contributed by atoms with Crippen LogP contribution in [0, 0.1) is 6.92 Å². The largest absolute Gasteiger partial charge is 0.493 e. The molecule has 0 aliphatic heterocycles. The minimum Gasteiger partial charge on any atom is -0.493 e. The van der Waals surface area contributed by atoms with Gasteiger partial charge in [-0.25, -0.2) is 5.43 Å². The van der Waals surface area contributed by atoms with E-state index in [9.17, 15) is 9.59 Å². The van der Waals surface area contributed by atoms with Crippen LogP contribution in [0.3, 0.4) is 0 Å². The van der Waals surface area contributed by atoms with Gasteiger partial charge in [0.15, 0.2) is 11.5 Å². The van der Waals surface area contributed by atoms with Gasteiger partial charge in [-0.2, -0.15) is 5.10 Å². The van der Waals surface area contributed by atoms with E-state index in [1.165, 1.54) is 37.1 Å². The molecule has 7 nitrogen and oxygen atoms in total. The zero-order valence-corrected chi connectivity index (χ0v) is 21.3. The van der Waals surface area contributed by atoms with Crippen LogP contribution in [0.1, 0.15) is 16.7 Å². The molecular formula is C24H20BrCl2N3O4. The van der Waals surface area contributed by atoms with E-state index in [-0.39, 0.29) is 5.69 Å². The highest BCUT2D eigenvalue weighted by atomic mass is 79.9. The summed E-state index contributed by atoms with van der Waals surface area (Å²) in [5, 5.41) is 6.88. The molecule has 0 atom stereocenters. The monoisotopic (exact) mass is 563 g/mol. The van der Waals surface area contributed by atoms with Crippen LogP contribution < -0.4 is 20.2 Å². The second kappa shape index (κ2) is 11.9. The summed E-state index contributed by atoms with van der Waals surface area (Å²) in [5.41, 5.74) is 5.25. The van der Waals surface area contributed by atoms with E-state index in [0.29, 0.717) is 38.2 Å². The molecule has 0 bridgehead atoms. The first-order valence-corrected chi connectivity index (χ1v) is 11.5. The predicted octanol–water partition coefficient (Wildman–Crippen LogP) is 5.74. The third-order valence-corrected chi connectivity index (χ3v) is 5.49. The van der Waals surface area contributed by atoms with Gasteiger partial charge in [-0.3, -0.25) is 9.59 Å². The highest BCUT2D eigenvalue weighted by molar-refractivity contribution is 9.10. The molecule has 0 spiro atoms. The number of amides is 2. The molecule has 0 unspecified atom stereocenters. The lowest BCUT2D eigenvalue weighted by molar-refractivity contribution is -0.136. The Bertz CT molecular complexity index is 1210. The number of anilines is 1. The lowest BCUT2D eigenvalue weighted by Gasteiger charge is -2.13. The molecule has 34 heavy (non-hydrogen) atoms. The van der Waals surface area contributed by atoms with Crippen LogP contribution in [0.4, 0.5) is 5.69 Å². The molecule has 0 aliphatic carbocycles. The molecule has 0 aromatic heterocycles. The van der Waals surface area contributed by atoms with E-state index in [1.807, 2.05) is 31.2 Å². The van der Waals surface area contributed by atoms with E-state index in [0.717, 1.165) is 5.56 Å². The molecular weight excluding hydrogens is 545 g/mol. The number of rotatable bonds is 7. The molecule has 0 fully saturated rings. The van der Waals surface area contributed by atoms with Crippen molar-refractivity contribution in [1.82, 2.24) is 5.43 Å². The van der Waals surface area contributed by atoms with E-state index < -0.39 is 11.8 Å². The first-order valence-electron chi connectivity index (χ1n) is 9.91. The van der Waals surface area contributed by atoms with E-state index in [2.05, 4.69) is 31.8 Å². The lowest BCUT2D eigenvalue weighted by atomic mass is 10.2. The highest BCUT2D eigenvalue weighted by Gasteiger charge is 2.14. The predicted molar refractivity (Wildman–Crippen MR) is 137 cm³/mol. The van der Waals surface area contributed by atoms with Gasteiger partial charge in [0.25, 0.3) is 0 Å². The van der Waals surface area contributed by atoms with Crippen molar-refractivity contribution in [2.45, 2.75) is 13.5 Å². The maximum atomic E-state index is 12.1. The van der Waals surface area contributed by atoms with Crippen LogP contribution in [0.2, 0.25) is 10.0 Å². The van der Waals surface area contributed by atoms with Gasteiger partial charge < -0.3 is 14.8 Å². The van der Waals surface area contributed by atoms with Gasteiger partial charge in [-0.1, -0.05) is 53.0 Å². The standard InChI is InChI=1S/C24H20BrCl2N3O4/c1-14-3-5-15(6-4-14)13-34-22-20(25)7-16(8-21(22)33-2)12-28-30-24(32)23(31)29-19-10-17(26)9-18(27)11-19/h3-12H,13H2,1-2H3,(H,29,31)(H,30,32). The molecule has 0 aliphatic rings. The Morgan fingerprint density at radius 2 is 1.71 bits per heavy atom. The normalized spacial score (nSPS) is 10.7. The summed E-state index contributed by atoms with van der Waals surface area (Å²) in [6.07, 6.45) is 1.37. The molecule has 2 amide bonds. The van der Waals surface area contributed by atoms with Gasteiger partial charge in [-0.05, 0) is 64.3 Å². The summed E-state index contributed by atoms with van der Waals surface area (Å²) in [6, 6.07) is 15.9. The van der Waals surface area contributed by atoms with Crippen molar-refractivity contribution < 1.29 is 19.1 Å². The molecule has 0 heterocycles. The molecule has 3 aromatic carbocycles. The van der Waals surface area contributed by atoms with Crippen LogP contribution in [0.25, 0.3) is 0 Å². The van der Waals surface area contributed by atoms with E-state index in [1.54, 1.807) is 12.1 Å². The Morgan fingerprint density at radius 1 is 1.03 bits per heavy atom. The number of hydrogen-bond acceptors (Lipinski definition) is 5. The minimum absolute atomic E-state index is 0.288. The summed E-state index contributed by atoms with van der Waals surface area (Å²) < 4.78 is 12.0. The molecule has 0 radical (unpaired) electrons. The summed E-state index contributed by atoms with van der Waals surface area (Å²) in [6.45, 7) is 2.39. The minimum atomic E-state index is -0.962. The van der Waals surface area contributed by atoms with Crippen molar-refractivity contribution in [3.8, 4) is 11.5 Å². The van der Waals surface area contributed by atoms with Gasteiger partial charge in [0.2, 0.25) is 0 Å². The number of halogens is 3. The number of ether oxygens (including phenoxy) is 2. The van der Waals surface area contributed by atoms with Gasteiger partial charge in [0.1, 0.15) is 6.61 Å². The van der Waals surface area contributed by atoms with E-state index >= 15 is 0 Å². The number of benzene rings is 3. The molecule has 0 saturated heterocycles. The Hall–Kier alpha value is -3.07. The summed E-state index contributed by atoms with van der Waals surface area (Å²) >= 11 is 15.3. The Morgan fingerprint density at radius 3 is 2.35 bits per heavy atom. The Labute approximate surface area is 215 Å². The van der Waals surface area contributed by atoms with Crippen LogP contribution in [-0.2, 0) is 16.2 Å². The third kappa shape index (κ3) is 7.21. The second-order valence-electron chi connectivity index (χ2n) is 7.12. The maximum absolute atomic E-state index is 12.1. The number of carbonyl (C=O) groups excluding carboxylic acids is 2. The SMILES string of the molecule is COc1cc(C=NNC(=O)C(=O)Nc2cc(Cl)cc(Cl)c2)cc(Br)c1OCc1ccc(C)cc1. The average molecular weight is 565 g/mol. The molecule has 176 valence electrons. The molecule has 2 N–H and O–H groups in total. The van der Waals surface area contributed by atoms with Crippen LogP contribution in [-0.4, -0.2) is 25.1 Å². The van der Waals surface area contributed by atoms with Gasteiger partial charge >= 0.3 is 11.8 Å². The number of nitrogens with zero attached hydrogens (tertiary/aromatic N) is 1. The Balaban J connectivity index is 1.62. The number of nitrogens with one attached hydrogen (secondary N) is 2. The number of aryl methyl sites for hydroxylation is 1. The summed E-state index contributed by atoms with van der Waals surface area (Å²) in [7, 11) is 1.52. The van der Waals surface area contributed by atoms with Crippen molar-refractivity contribution in [3.63, 3.8) is 0 Å². The molecule has 10 heteroatoms.